The smallest absolute Gasteiger partial charge is 0.349 e. The fourth-order valence-corrected chi connectivity index (χ4v) is 3.28. The molecule has 3 atom stereocenters. The van der Waals surface area contributed by atoms with E-state index in [2.05, 4.69) is 16.8 Å². The van der Waals surface area contributed by atoms with Crippen LogP contribution in [0, 0.1) is 11.8 Å². The zero-order valence-corrected chi connectivity index (χ0v) is 11.9. The molecule has 1 N–H and O–H groups in total. The van der Waals surface area contributed by atoms with E-state index in [-0.39, 0.29) is 11.9 Å². The summed E-state index contributed by atoms with van der Waals surface area (Å²) in [7, 11) is 0. The molecular formula is C16H17F3N2O. The average Bonchev–Trinajstić information content (AvgIpc) is 2.91. The first-order chi connectivity index (χ1) is 10.4. The van der Waals surface area contributed by atoms with Crippen LogP contribution in [0.25, 0.3) is 0 Å². The minimum Gasteiger partial charge on any atom is -0.349 e. The number of carbonyl (C=O) groups excluding carboxylic acids is 1. The second kappa shape index (κ2) is 5.43. The van der Waals surface area contributed by atoms with Crippen molar-refractivity contribution in [2.45, 2.75) is 18.8 Å². The Balaban J connectivity index is 1.55. The number of carbonyl (C=O) groups is 1. The average molecular weight is 310 g/mol. The van der Waals surface area contributed by atoms with E-state index in [1.54, 1.807) is 6.07 Å². The zero-order chi connectivity index (χ0) is 15.9. The molecule has 1 aromatic rings. The fraction of sp³-hybridized carbons (Fsp3) is 0.438. The molecule has 0 radical (unpaired) electrons. The van der Waals surface area contributed by atoms with Crippen LogP contribution in [0.5, 0.6) is 0 Å². The van der Waals surface area contributed by atoms with Crippen LogP contribution in [0.15, 0.2) is 36.9 Å². The summed E-state index contributed by atoms with van der Waals surface area (Å²) < 4.78 is 38.1. The van der Waals surface area contributed by atoms with E-state index >= 15 is 0 Å². The first-order valence-corrected chi connectivity index (χ1v) is 7.20. The summed E-state index contributed by atoms with van der Waals surface area (Å²) in [6.45, 7) is 5.55. The predicted molar refractivity (Wildman–Crippen MR) is 75.8 cm³/mol. The van der Waals surface area contributed by atoms with Crippen molar-refractivity contribution < 1.29 is 18.0 Å². The summed E-state index contributed by atoms with van der Waals surface area (Å²) in [6.07, 6.45) is -3.04. The van der Waals surface area contributed by atoms with Gasteiger partial charge in [-0.05, 0) is 29.5 Å². The van der Waals surface area contributed by atoms with Crippen LogP contribution in [0.3, 0.4) is 0 Å². The Labute approximate surface area is 126 Å². The van der Waals surface area contributed by atoms with Crippen LogP contribution >= 0.6 is 0 Å². The maximum absolute atomic E-state index is 12.7. The summed E-state index contributed by atoms with van der Waals surface area (Å²) >= 11 is 0. The standard InChI is InChI=1S/C16H17F3N2O/c1-2-14(22)20-15-12-8-21(9-13(12)15)7-10-4-3-5-11(6-10)16(17,18)19/h2-6,12-13,15H,1,7-9H2,(H,20,22)/t12-,13+,15+. The number of amides is 1. The van der Waals surface area contributed by atoms with Crippen molar-refractivity contribution in [3.8, 4) is 0 Å². The van der Waals surface area contributed by atoms with Crippen LogP contribution in [0.1, 0.15) is 11.1 Å². The van der Waals surface area contributed by atoms with Crippen molar-refractivity contribution in [2.75, 3.05) is 13.1 Å². The molecule has 6 heteroatoms. The number of benzene rings is 1. The normalized spacial score (nSPS) is 27.3. The van der Waals surface area contributed by atoms with Gasteiger partial charge in [-0.25, -0.2) is 0 Å². The van der Waals surface area contributed by atoms with E-state index in [4.69, 9.17) is 0 Å². The third kappa shape index (κ3) is 3.02. The lowest BCUT2D eigenvalue weighted by atomic mass is 10.1. The van der Waals surface area contributed by atoms with Crippen LogP contribution in [0.2, 0.25) is 0 Å². The Morgan fingerprint density at radius 1 is 1.36 bits per heavy atom. The number of rotatable bonds is 4. The van der Waals surface area contributed by atoms with Crippen molar-refractivity contribution in [3.05, 3.63) is 48.0 Å². The highest BCUT2D eigenvalue weighted by Crippen LogP contribution is 2.45. The zero-order valence-electron chi connectivity index (χ0n) is 11.9. The molecule has 0 spiro atoms. The Hall–Kier alpha value is -1.82. The molecule has 2 fully saturated rings. The van der Waals surface area contributed by atoms with Crippen LogP contribution in [0.4, 0.5) is 13.2 Å². The van der Waals surface area contributed by atoms with Gasteiger partial charge in [0, 0.05) is 25.7 Å². The van der Waals surface area contributed by atoms with Gasteiger partial charge < -0.3 is 5.32 Å². The quantitative estimate of drug-likeness (QED) is 0.866. The molecular weight excluding hydrogens is 293 g/mol. The molecule has 3 nitrogen and oxygen atoms in total. The summed E-state index contributed by atoms with van der Waals surface area (Å²) in [4.78, 5) is 13.4. The molecule has 1 heterocycles. The molecule has 1 saturated carbocycles. The van der Waals surface area contributed by atoms with Gasteiger partial charge in [0.05, 0.1) is 5.56 Å². The van der Waals surface area contributed by atoms with Gasteiger partial charge in [-0.15, -0.1) is 0 Å². The van der Waals surface area contributed by atoms with Crippen molar-refractivity contribution in [1.82, 2.24) is 10.2 Å². The second-order valence-electron chi connectivity index (χ2n) is 5.96. The highest BCUT2D eigenvalue weighted by Gasteiger charge is 2.56. The van der Waals surface area contributed by atoms with Gasteiger partial charge in [-0.3, -0.25) is 9.69 Å². The van der Waals surface area contributed by atoms with Crippen molar-refractivity contribution in [2.24, 2.45) is 11.8 Å². The third-order valence-corrected chi connectivity index (χ3v) is 4.42. The lowest BCUT2D eigenvalue weighted by Crippen LogP contribution is -2.33. The van der Waals surface area contributed by atoms with E-state index < -0.39 is 11.7 Å². The molecule has 1 aliphatic carbocycles. The SMILES string of the molecule is C=CC(=O)N[C@H]1[C@@H]2CN(Cc3cccc(C(F)(F)F)c3)C[C@@H]21. The number of fused-ring (bicyclic) bond motifs is 1. The number of alkyl halides is 3. The predicted octanol–water partition coefficient (Wildman–Crippen LogP) is 2.44. The summed E-state index contributed by atoms with van der Waals surface area (Å²) in [5.41, 5.74) is 0.0632. The van der Waals surface area contributed by atoms with Gasteiger partial charge in [0.15, 0.2) is 0 Å². The molecule has 3 rings (SSSR count). The minimum absolute atomic E-state index is 0.163. The molecule has 118 valence electrons. The monoisotopic (exact) mass is 310 g/mol. The lowest BCUT2D eigenvalue weighted by molar-refractivity contribution is -0.137. The number of nitrogens with zero attached hydrogens (tertiary/aromatic N) is 1. The maximum Gasteiger partial charge on any atom is 0.416 e. The highest BCUT2D eigenvalue weighted by molar-refractivity contribution is 5.87. The summed E-state index contributed by atoms with van der Waals surface area (Å²) in [5, 5.41) is 2.89. The van der Waals surface area contributed by atoms with Gasteiger partial charge in [0.1, 0.15) is 0 Å². The Morgan fingerprint density at radius 3 is 2.64 bits per heavy atom. The largest absolute Gasteiger partial charge is 0.416 e. The molecule has 22 heavy (non-hydrogen) atoms. The third-order valence-electron chi connectivity index (χ3n) is 4.42. The Bertz CT molecular complexity index is 587. The van der Waals surface area contributed by atoms with Crippen molar-refractivity contribution in [3.63, 3.8) is 0 Å². The van der Waals surface area contributed by atoms with Gasteiger partial charge in [0.25, 0.3) is 0 Å². The Kier molecular flexibility index (Phi) is 3.72. The van der Waals surface area contributed by atoms with Gasteiger partial charge >= 0.3 is 6.18 Å². The van der Waals surface area contributed by atoms with E-state index in [1.165, 1.54) is 18.2 Å². The van der Waals surface area contributed by atoms with E-state index in [9.17, 15) is 18.0 Å². The van der Waals surface area contributed by atoms with Gasteiger partial charge in [0.2, 0.25) is 5.91 Å². The van der Waals surface area contributed by atoms with Crippen LogP contribution < -0.4 is 5.32 Å². The number of likely N-dealkylation sites (tertiary alicyclic amines) is 1. The number of halogens is 3. The lowest BCUT2D eigenvalue weighted by Gasteiger charge is -2.20. The first-order valence-electron chi connectivity index (χ1n) is 7.20. The van der Waals surface area contributed by atoms with E-state index in [1.807, 2.05) is 0 Å². The second-order valence-corrected chi connectivity index (χ2v) is 5.96. The van der Waals surface area contributed by atoms with Gasteiger partial charge in [-0.2, -0.15) is 13.2 Å². The minimum atomic E-state index is -4.30. The number of nitrogens with one attached hydrogen (secondary N) is 1. The summed E-state index contributed by atoms with van der Waals surface area (Å²) in [6, 6.07) is 5.66. The summed E-state index contributed by atoms with van der Waals surface area (Å²) in [5.74, 6) is 0.660. The maximum atomic E-state index is 12.7. The molecule has 1 saturated heterocycles. The van der Waals surface area contributed by atoms with Crippen molar-refractivity contribution >= 4 is 5.91 Å². The molecule has 0 bridgehead atoms. The molecule has 0 aromatic heterocycles. The fourth-order valence-electron chi connectivity index (χ4n) is 3.28. The van der Waals surface area contributed by atoms with Crippen LogP contribution in [-0.4, -0.2) is 29.9 Å². The number of hydrogen-bond acceptors (Lipinski definition) is 2. The first kappa shape index (κ1) is 15.1. The van der Waals surface area contributed by atoms with E-state index in [0.717, 1.165) is 19.2 Å². The van der Waals surface area contributed by atoms with E-state index in [0.29, 0.717) is 23.9 Å². The number of hydrogen-bond donors (Lipinski definition) is 1. The van der Waals surface area contributed by atoms with Crippen molar-refractivity contribution in [1.29, 1.82) is 0 Å². The molecule has 2 aliphatic rings. The highest BCUT2D eigenvalue weighted by atomic mass is 19.4. The topological polar surface area (TPSA) is 32.3 Å². The molecule has 1 aromatic carbocycles. The molecule has 1 aliphatic heterocycles. The molecule has 1 amide bonds. The molecule has 0 unspecified atom stereocenters. The number of piperidine rings is 1. The van der Waals surface area contributed by atoms with Gasteiger partial charge in [-0.1, -0.05) is 24.8 Å². The van der Waals surface area contributed by atoms with Crippen LogP contribution in [-0.2, 0) is 17.5 Å². The Morgan fingerprint density at radius 2 is 2.05 bits per heavy atom.